The molecule has 1 aromatic carbocycles. The fourth-order valence-electron chi connectivity index (χ4n) is 3.90. The van der Waals surface area contributed by atoms with Gasteiger partial charge in [-0.3, -0.25) is 0 Å². The third-order valence-corrected chi connectivity index (χ3v) is 5.33. The molecule has 5 nitrogen and oxygen atoms in total. The lowest BCUT2D eigenvalue weighted by molar-refractivity contribution is 0.117. The molecule has 132 valence electrons. The number of aryl methyl sites for hydroxylation is 1. The molecule has 5 heteroatoms. The van der Waals surface area contributed by atoms with E-state index in [-0.39, 0.29) is 18.2 Å². The molecule has 1 saturated carbocycles. The maximum atomic E-state index is 12.1. The van der Waals surface area contributed by atoms with Gasteiger partial charge in [0.05, 0.1) is 13.2 Å². The van der Waals surface area contributed by atoms with E-state index in [9.17, 15) is 9.90 Å². The van der Waals surface area contributed by atoms with Crippen molar-refractivity contribution < 1.29 is 14.6 Å². The first kappa shape index (κ1) is 17.1. The molecule has 1 fully saturated rings. The average Bonchev–Trinajstić information content (AvgIpc) is 2.61. The number of methoxy groups -OCH3 is 1. The fraction of sp³-hybridized carbons (Fsp3) is 0.632. The van der Waals surface area contributed by atoms with E-state index in [1.165, 1.54) is 11.1 Å². The van der Waals surface area contributed by atoms with Gasteiger partial charge in [0.25, 0.3) is 0 Å². The summed E-state index contributed by atoms with van der Waals surface area (Å²) in [7, 11) is 1.69. The molecule has 0 bridgehead atoms. The highest BCUT2D eigenvalue weighted by atomic mass is 16.5. The third kappa shape index (κ3) is 4.20. The van der Waals surface area contributed by atoms with Crippen LogP contribution in [-0.2, 0) is 6.42 Å². The minimum Gasteiger partial charge on any atom is -0.497 e. The average molecular weight is 332 g/mol. The third-order valence-electron chi connectivity index (χ3n) is 5.33. The fourth-order valence-corrected chi connectivity index (χ4v) is 3.90. The lowest BCUT2D eigenvalue weighted by atomic mass is 9.82. The van der Waals surface area contributed by atoms with Crippen molar-refractivity contribution in [2.75, 3.05) is 13.7 Å². The Morgan fingerprint density at radius 2 is 2.04 bits per heavy atom. The Hall–Kier alpha value is -1.75. The van der Waals surface area contributed by atoms with Gasteiger partial charge in [-0.1, -0.05) is 6.07 Å². The summed E-state index contributed by atoms with van der Waals surface area (Å²) in [5.41, 5.74) is 2.68. The number of carbonyl (C=O) groups excluding carboxylic acids is 1. The van der Waals surface area contributed by atoms with Crippen molar-refractivity contribution >= 4 is 6.03 Å². The van der Waals surface area contributed by atoms with Crippen LogP contribution in [-0.4, -0.2) is 36.9 Å². The van der Waals surface area contributed by atoms with Gasteiger partial charge in [0.2, 0.25) is 0 Å². The Kier molecular flexibility index (Phi) is 5.61. The number of aliphatic hydroxyl groups is 1. The van der Waals surface area contributed by atoms with Gasteiger partial charge in [0, 0.05) is 18.5 Å². The van der Waals surface area contributed by atoms with E-state index in [0.29, 0.717) is 12.5 Å². The van der Waals surface area contributed by atoms with E-state index in [4.69, 9.17) is 4.74 Å². The van der Waals surface area contributed by atoms with Crippen molar-refractivity contribution in [2.24, 2.45) is 0 Å². The van der Waals surface area contributed by atoms with Crippen molar-refractivity contribution in [3.8, 4) is 5.75 Å². The summed E-state index contributed by atoms with van der Waals surface area (Å²) in [6.45, 7) is 0.667. The molecule has 24 heavy (non-hydrogen) atoms. The normalized spacial score (nSPS) is 26.3. The van der Waals surface area contributed by atoms with E-state index in [1.54, 1.807) is 7.11 Å². The number of carbonyl (C=O) groups is 1. The molecule has 2 aliphatic carbocycles. The molecule has 0 saturated heterocycles. The predicted octanol–water partition coefficient (Wildman–Crippen LogP) is 2.72. The number of urea groups is 1. The van der Waals surface area contributed by atoms with Crippen LogP contribution in [0.15, 0.2) is 18.2 Å². The van der Waals surface area contributed by atoms with Crippen LogP contribution in [0, 0.1) is 0 Å². The van der Waals surface area contributed by atoms with Crippen molar-refractivity contribution in [1.82, 2.24) is 10.6 Å². The van der Waals surface area contributed by atoms with Crippen LogP contribution in [0.3, 0.4) is 0 Å². The molecule has 0 heterocycles. The zero-order valence-electron chi connectivity index (χ0n) is 14.4. The highest BCUT2D eigenvalue weighted by molar-refractivity contribution is 5.74. The molecule has 0 aliphatic heterocycles. The Labute approximate surface area is 143 Å². The quantitative estimate of drug-likeness (QED) is 0.794. The molecule has 1 aromatic rings. The van der Waals surface area contributed by atoms with Crippen molar-refractivity contribution in [3.63, 3.8) is 0 Å². The van der Waals surface area contributed by atoms with E-state index in [1.807, 2.05) is 6.07 Å². The lowest BCUT2D eigenvalue weighted by Gasteiger charge is -2.28. The number of aliphatic hydroxyl groups excluding tert-OH is 1. The molecule has 2 amide bonds. The molecule has 0 unspecified atom stereocenters. The van der Waals surface area contributed by atoms with Gasteiger partial charge in [0.15, 0.2) is 0 Å². The van der Waals surface area contributed by atoms with Gasteiger partial charge < -0.3 is 20.5 Å². The van der Waals surface area contributed by atoms with Gasteiger partial charge in [-0.05, 0) is 68.2 Å². The Bertz CT molecular complexity index is 568. The number of ether oxygens (including phenoxy) is 1. The summed E-state index contributed by atoms with van der Waals surface area (Å²) < 4.78 is 5.31. The largest absolute Gasteiger partial charge is 0.497 e. The number of rotatable bonds is 4. The van der Waals surface area contributed by atoms with Gasteiger partial charge in [-0.15, -0.1) is 0 Å². The summed E-state index contributed by atoms with van der Waals surface area (Å²) in [4.78, 5) is 12.1. The Morgan fingerprint density at radius 3 is 2.79 bits per heavy atom. The van der Waals surface area contributed by atoms with Gasteiger partial charge >= 0.3 is 6.03 Å². The maximum absolute atomic E-state index is 12.1. The molecule has 3 N–H and O–H groups in total. The number of hydrogen-bond acceptors (Lipinski definition) is 3. The number of amides is 2. The van der Waals surface area contributed by atoms with Gasteiger partial charge in [-0.2, -0.15) is 0 Å². The standard InChI is InChI=1S/C19H28N2O3/c1-24-17-9-10-18-13(11-17)3-2-4-14(18)12-20-19(23)21-15-5-7-16(22)8-6-15/h9-11,14-16,22H,2-8,12H2,1H3,(H2,20,21,23)/t14-,15?,16?/m0/s1. The summed E-state index contributed by atoms with van der Waals surface area (Å²) in [5, 5.41) is 15.6. The highest BCUT2D eigenvalue weighted by Gasteiger charge is 2.23. The SMILES string of the molecule is COc1ccc2c(c1)CCC[C@H]2CNC(=O)NC1CCC(O)CC1. The number of fused-ring (bicyclic) bond motifs is 1. The molecular formula is C19H28N2O3. The van der Waals surface area contributed by atoms with Crippen molar-refractivity contribution in [2.45, 2.75) is 63.0 Å². The van der Waals surface area contributed by atoms with E-state index >= 15 is 0 Å². The van der Waals surface area contributed by atoms with Crippen LogP contribution in [0.1, 0.15) is 55.6 Å². The molecule has 0 spiro atoms. The van der Waals surface area contributed by atoms with Crippen LogP contribution in [0.5, 0.6) is 5.75 Å². The number of benzene rings is 1. The number of nitrogens with one attached hydrogen (secondary N) is 2. The molecular weight excluding hydrogens is 304 g/mol. The Morgan fingerprint density at radius 1 is 1.25 bits per heavy atom. The second-order valence-corrected chi connectivity index (χ2v) is 7.01. The minimum atomic E-state index is -0.193. The number of hydrogen-bond donors (Lipinski definition) is 3. The smallest absolute Gasteiger partial charge is 0.315 e. The first-order valence-electron chi connectivity index (χ1n) is 9.05. The summed E-state index contributed by atoms with van der Waals surface area (Å²) in [6, 6.07) is 6.37. The van der Waals surface area contributed by atoms with Crippen molar-refractivity contribution in [3.05, 3.63) is 29.3 Å². The van der Waals surface area contributed by atoms with Gasteiger partial charge in [-0.25, -0.2) is 4.79 Å². The topological polar surface area (TPSA) is 70.6 Å². The van der Waals surface area contributed by atoms with Crippen LogP contribution in [0.4, 0.5) is 4.79 Å². The Balaban J connectivity index is 1.51. The van der Waals surface area contributed by atoms with Crippen LogP contribution < -0.4 is 15.4 Å². The monoisotopic (exact) mass is 332 g/mol. The minimum absolute atomic E-state index is 0.0861. The molecule has 1 atom stereocenters. The first-order valence-corrected chi connectivity index (χ1v) is 9.05. The predicted molar refractivity (Wildman–Crippen MR) is 93.5 cm³/mol. The second-order valence-electron chi connectivity index (χ2n) is 7.01. The van der Waals surface area contributed by atoms with Crippen LogP contribution in [0.25, 0.3) is 0 Å². The zero-order chi connectivity index (χ0) is 16.9. The first-order chi connectivity index (χ1) is 11.7. The van der Waals surface area contributed by atoms with E-state index < -0.39 is 0 Å². The summed E-state index contributed by atoms with van der Waals surface area (Å²) >= 11 is 0. The highest BCUT2D eigenvalue weighted by Crippen LogP contribution is 2.33. The molecule has 0 radical (unpaired) electrons. The van der Waals surface area contributed by atoms with Gasteiger partial charge in [0.1, 0.15) is 5.75 Å². The van der Waals surface area contributed by atoms with Crippen LogP contribution >= 0.6 is 0 Å². The van der Waals surface area contributed by atoms with Crippen molar-refractivity contribution in [1.29, 1.82) is 0 Å². The lowest BCUT2D eigenvalue weighted by Crippen LogP contribution is -2.45. The molecule has 0 aromatic heterocycles. The van der Waals surface area contributed by atoms with E-state index in [2.05, 4.69) is 22.8 Å². The second kappa shape index (κ2) is 7.88. The summed E-state index contributed by atoms with van der Waals surface area (Å²) in [6.07, 6.45) is 6.43. The molecule has 3 rings (SSSR count). The van der Waals surface area contributed by atoms with Crippen LogP contribution in [0.2, 0.25) is 0 Å². The molecule has 2 aliphatic rings. The summed E-state index contributed by atoms with van der Waals surface area (Å²) in [5.74, 6) is 1.28. The zero-order valence-corrected chi connectivity index (χ0v) is 14.4. The maximum Gasteiger partial charge on any atom is 0.315 e. The van der Waals surface area contributed by atoms with E-state index in [0.717, 1.165) is 50.7 Å².